The molecule has 0 heterocycles. The fourth-order valence-corrected chi connectivity index (χ4v) is 5.13. The van der Waals surface area contributed by atoms with Gasteiger partial charge in [-0.3, -0.25) is 9.10 Å². The van der Waals surface area contributed by atoms with Gasteiger partial charge in [-0.05, 0) is 67.3 Å². The van der Waals surface area contributed by atoms with Crippen molar-refractivity contribution >= 4 is 21.6 Å². The van der Waals surface area contributed by atoms with E-state index in [1.165, 1.54) is 10.6 Å². The molecule has 35 heavy (non-hydrogen) atoms. The Morgan fingerprint density at radius 3 is 1.97 bits per heavy atom. The zero-order chi connectivity index (χ0) is 25.8. The molecule has 7 nitrogen and oxygen atoms in total. The van der Waals surface area contributed by atoms with E-state index in [1.807, 2.05) is 45.0 Å². The van der Waals surface area contributed by atoms with Crippen LogP contribution in [0.15, 0.2) is 54.6 Å². The Labute approximate surface area is 207 Å². The highest BCUT2D eigenvalue weighted by molar-refractivity contribution is 7.92. The van der Waals surface area contributed by atoms with Crippen LogP contribution in [0.4, 0.5) is 5.69 Å². The first-order chi connectivity index (χ1) is 16.5. The zero-order valence-corrected chi connectivity index (χ0v) is 21.8. The SMILES string of the molecule is COc1ccc(CNC(=O)c2ccc(CN(c3c(C)cc(C)cc3C)S(C)(=O)=O)cc2)cc1OC. The normalized spacial score (nSPS) is 11.1. The van der Waals surface area contributed by atoms with E-state index in [4.69, 9.17) is 9.47 Å². The fourth-order valence-electron chi connectivity index (χ4n) is 4.13. The highest BCUT2D eigenvalue weighted by Gasteiger charge is 2.22. The van der Waals surface area contributed by atoms with Crippen LogP contribution in [-0.2, 0) is 23.1 Å². The standard InChI is InChI=1S/C27H32N2O5S/c1-18-13-19(2)26(20(3)14-18)29(35(6,31)32)17-21-7-10-23(11-8-21)27(30)28-16-22-9-12-24(33-4)25(15-22)34-5/h7-15H,16-17H2,1-6H3,(H,28,30). The van der Waals surface area contributed by atoms with Crippen molar-refractivity contribution in [1.29, 1.82) is 0 Å². The van der Waals surface area contributed by atoms with Gasteiger partial charge >= 0.3 is 0 Å². The number of rotatable bonds is 9. The molecule has 3 aromatic carbocycles. The Kier molecular flexibility index (Phi) is 8.07. The quantitative estimate of drug-likeness (QED) is 0.471. The number of amides is 1. The minimum Gasteiger partial charge on any atom is -0.493 e. The number of ether oxygens (including phenoxy) is 2. The summed E-state index contributed by atoms with van der Waals surface area (Å²) in [5.74, 6) is 0.993. The number of hydrogen-bond donors (Lipinski definition) is 1. The van der Waals surface area contributed by atoms with Crippen LogP contribution in [-0.4, -0.2) is 34.8 Å². The second-order valence-electron chi connectivity index (χ2n) is 8.59. The minimum atomic E-state index is -3.52. The molecule has 0 aliphatic heterocycles. The van der Waals surface area contributed by atoms with Crippen LogP contribution in [0, 0.1) is 20.8 Å². The largest absolute Gasteiger partial charge is 0.493 e. The van der Waals surface area contributed by atoms with Crippen molar-refractivity contribution in [2.75, 3.05) is 24.8 Å². The van der Waals surface area contributed by atoms with Gasteiger partial charge in [-0.15, -0.1) is 0 Å². The van der Waals surface area contributed by atoms with Crippen LogP contribution in [0.3, 0.4) is 0 Å². The summed E-state index contributed by atoms with van der Waals surface area (Å²) in [6.07, 6.45) is 1.21. The molecule has 186 valence electrons. The number of methoxy groups -OCH3 is 2. The van der Waals surface area contributed by atoms with Crippen LogP contribution >= 0.6 is 0 Å². The summed E-state index contributed by atoms with van der Waals surface area (Å²) >= 11 is 0. The number of aryl methyl sites for hydroxylation is 3. The van der Waals surface area contributed by atoms with E-state index in [-0.39, 0.29) is 12.5 Å². The van der Waals surface area contributed by atoms with Gasteiger partial charge in [0.15, 0.2) is 11.5 Å². The van der Waals surface area contributed by atoms with Gasteiger partial charge in [-0.25, -0.2) is 8.42 Å². The van der Waals surface area contributed by atoms with Crippen LogP contribution in [0.25, 0.3) is 0 Å². The number of nitrogens with one attached hydrogen (secondary N) is 1. The molecule has 1 amide bonds. The number of benzene rings is 3. The third-order valence-electron chi connectivity index (χ3n) is 5.73. The van der Waals surface area contributed by atoms with E-state index in [0.717, 1.165) is 27.8 Å². The molecule has 0 spiro atoms. The highest BCUT2D eigenvalue weighted by atomic mass is 32.2. The predicted molar refractivity (Wildman–Crippen MR) is 139 cm³/mol. The third kappa shape index (κ3) is 6.33. The summed E-state index contributed by atoms with van der Waals surface area (Å²) in [4.78, 5) is 12.7. The lowest BCUT2D eigenvalue weighted by Gasteiger charge is -2.26. The maximum atomic E-state index is 12.7. The zero-order valence-electron chi connectivity index (χ0n) is 21.0. The Hall–Kier alpha value is -3.52. The average Bonchev–Trinajstić information content (AvgIpc) is 2.80. The molecular formula is C27H32N2O5S. The van der Waals surface area contributed by atoms with Crippen molar-refractivity contribution in [3.63, 3.8) is 0 Å². The molecule has 0 aliphatic carbocycles. The van der Waals surface area contributed by atoms with Gasteiger partial charge in [0, 0.05) is 12.1 Å². The third-order valence-corrected chi connectivity index (χ3v) is 6.84. The number of sulfonamides is 1. The molecule has 0 saturated heterocycles. The summed E-state index contributed by atoms with van der Waals surface area (Å²) in [5.41, 5.74) is 5.72. The second kappa shape index (κ2) is 10.8. The second-order valence-corrected chi connectivity index (χ2v) is 10.5. The van der Waals surface area contributed by atoms with Gasteiger partial charge in [-0.1, -0.05) is 35.9 Å². The predicted octanol–water partition coefficient (Wildman–Crippen LogP) is 4.53. The van der Waals surface area contributed by atoms with Crippen molar-refractivity contribution in [3.05, 3.63) is 88.0 Å². The maximum absolute atomic E-state index is 12.7. The van der Waals surface area contributed by atoms with Crippen molar-refractivity contribution < 1.29 is 22.7 Å². The molecule has 0 bridgehead atoms. The number of anilines is 1. The lowest BCUT2D eigenvalue weighted by Crippen LogP contribution is -2.30. The van der Waals surface area contributed by atoms with E-state index >= 15 is 0 Å². The first kappa shape index (κ1) is 26.1. The van der Waals surface area contributed by atoms with E-state index < -0.39 is 10.0 Å². The molecule has 3 aromatic rings. The Morgan fingerprint density at radius 1 is 0.857 bits per heavy atom. The van der Waals surface area contributed by atoms with Crippen LogP contribution in [0.2, 0.25) is 0 Å². The highest BCUT2D eigenvalue weighted by Crippen LogP contribution is 2.30. The molecule has 0 radical (unpaired) electrons. The van der Waals surface area contributed by atoms with E-state index in [0.29, 0.717) is 29.3 Å². The minimum absolute atomic E-state index is 0.178. The Morgan fingerprint density at radius 2 is 1.43 bits per heavy atom. The molecule has 3 rings (SSSR count). The Bertz CT molecular complexity index is 1290. The lowest BCUT2D eigenvalue weighted by atomic mass is 10.0. The number of hydrogen-bond acceptors (Lipinski definition) is 5. The van der Waals surface area contributed by atoms with Gasteiger partial charge < -0.3 is 14.8 Å². The molecule has 0 saturated carbocycles. The lowest BCUT2D eigenvalue weighted by molar-refractivity contribution is 0.0951. The van der Waals surface area contributed by atoms with Crippen molar-refractivity contribution in [3.8, 4) is 11.5 Å². The first-order valence-corrected chi connectivity index (χ1v) is 13.0. The molecule has 8 heteroatoms. The van der Waals surface area contributed by atoms with Crippen molar-refractivity contribution in [2.24, 2.45) is 0 Å². The van der Waals surface area contributed by atoms with Crippen molar-refractivity contribution in [1.82, 2.24) is 5.32 Å². The summed E-state index contributed by atoms with van der Waals surface area (Å²) in [5, 5.41) is 2.89. The topological polar surface area (TPSA) is 84.9 Å². The molecular weight excluding hydrogens is 464 g/mol. The fraction of sp³-hybridized carbons (Fsp3) is 0.296. The van der Waals surface area contributed by atoms with Crippen LogP contribution in [0.5, 0.6) is 11.5 Å². The molecule has 1 N–H and O–H groups in total. The van der Waals surface area contributed by atoms with Gasteiger partial charge in [-0.2, -0.15) is 0 Å². The van der Waals surface area contributed by atoms with Gasteiger partial charge in [0.25, 0.3) is 5.91 Å². The first-order valence-electron chi connectivity index (χ1n) is 11.2. The smallest absolute Gasteiger partial charge is 0.251 e. The number of carbonyl (C=O) groups excluding carboxylic acids is 1. The van der Waals surface area contributed by atoms with Gasteiger partial charge in [0.2, 0.25) is 10.0 Å². The summed E-state index contributed by atoms with van der Waals surface area (Å²) < 4.78 is 37.3. The summed E-state index contributed by atoms with van der Waals surface area (Å²) in [7, 11) is -0.381. The molecule has 0 aliphatic rings. The Balaban J connectivity index is 1.73. The number of nitrogens with zero attached hydrogens (tertiary/aromatic N) is 1. The van der Waals surface area contributed by atoms with E-state index in [9.17, 15) is 13.2 Å². The van der Waals surface area contributed by atoms with Crippen molar-refractivity contribution in [2.45, 2.75) is 33.9 Å². The molecule has 0 fully saturated rings. The summed E-state index contributed by atoms with van der Waals surface area (Å²) in [6, 6.07) is 16.4. The molecule has 0 atom stereocenters. The molecule has 0 unspecified atom stereocenters. The van der Waals surface area contributed by atoms with Gasteiger partial charge in [0.1, 0.15) is 0 Å². The summed E-state index contributed by atoms with van der Waals surface area (Å²) in [6.45, 7) is 6.33. The van der Waals surface area contributed by atoms with E-state index in [1.54, 1.807) is 44.6 Å². The monoisotopic (exact) mass is 496 g/mol. The number of carbonyl (C=O) groups is 1. The van der Waals surface area contributed by atoms with Crippen LogP contribution < -0.4 is 19.1 Å². The molecule has 0 aromatic heterocycles. The van der Waals surface area contributed by atoms with E-state index in [2.05, 4.69) is 5.32 Å². The maximum Gasteiger partial charge on any atom is 0.251 e. The van der Waals surface area contributed by atoms with Gasteiger partial charge in [0.05, 0.1) is 32.7 Å². The average molecular weight is 497 g/mol. The van der Waals surface area contributed by atoms with Crippen LogP contribution in [0.1, 0.15) is 38.2 Å².